The molecule has 0 bridgehead atoms. The first-order chi connectivity index (χ1) is 15.5. The molecule has 0 unspecified atom stereocenters. The Morgan fingerprint density at radius 3 is 2.56 bits per heavy atom. The molecule has 1 saturated heterocycles. The van der Waals surface area contributed by atoms with Crippen LogP contribution < -0.4 is 10.6 Å². The number of imidazole rings is 1. The highest BCUT2D eigenvalue weighted by Gasteiger charge is 2.31. The maximum absolute atomic E-state index is 13.4. The van der Waals surface area contributed by atoms with E-state index in [1.54, 1.807) is 29.4 Å². The Bertz CT molecular complexity index is 1070. The number of aromatic nitrogens is 2. The zero-order chi connectivity index (χ0) is 22.5. The summed E-state index contributed by atoms with van der Waals surface area (Å²) in [5.74, 6) is -0.182. The highest BCUT2D eigenvalue weighted by atomic mass is 19.1. The van der Waals surface area contributed by atoms with Crippen molar-refractivity contribution in [2.45, 2.75) is 18.9 Å². The second-order valence-corrected chi connectivity index (χ2v) is 7.97. The summed E-state index contributed by atoms with van der Waals surface area (Å²) in [7, 11) is 1.85. The zero-order valence-corrected chi connectivity index (χ0v) is 17.9. The lowest BCUT2D eigenvalue weighted by molar-refractivity contribution is -0.126. The Kier molecular flexibility index (Phi) is 6.49. The fourth-order valence-electron chi connectivity index (χ4n) is 3.97. The average molecular weight is 436 g/mol. The van der Waals surface area contributed by atoms with Gasteiger partial charge in [0.25, 0.3) is 0 Å². The number of urea groups is 1. The van der Waals surface area contributed by atoms with E-state index < -0.39 is 6.04 Å². The third kappa shape index (κ3) is 4.96. The molecule has 32 heavy (non-hydrogen) atoms. The molecule has 8 heteroatoms. The summed E-state index contributed by atoms with van der Waals surface area (Å²) in [5, 5.41) is 5.95. The average Bonchev–Trinajstić information content (AvgIpc) is 3.24. The molecule has 2 atom stereocenters. The fraction of sp³-hybridized carbons (Fsp3) is 0.292. The van der Waals surface area contributed by atoms with Crippen molar-refractivity contribution in [3.05, 3.63) is 84.2 Å². The van der Waals surface area contributed by atoms with Crippen LogP contribution in [-0.2, 0) is 11.8 Å². The van der Waals surface area contributed by atoms with Gasteiger partial charge in [0.15, 0.2) is 0 Å². The molecule has 2 aromatic carbocycles. The van der Waals surface area contributed by atoms with Gasteiger partial charge in [-0.1, -0.05) is 30.3 Å². The van der Waals surface area contributed by atoms with Crippen LogP contribution in [0.15, 0.2) is 67.0 Å². The van der Waals surface area contributed by atoms with Crippen molar-refractivity contribution in [2.75, 3.05) is 18.4 Å². The number of carbonyl (C=O) groups is 2. The van der Waals surface area contributed by atoms with E-state index in [1.807, 2.05) is 41.9 Å². The van der Waals surface area contributed by atoms with Gasteiger partial charge in [-0.2, -0.15) is 0 Å². The van der Waals surface area contributed by atoms with E-state index in [-0.39, 0.29) is 23.7 Å². The van der Waals surface area contributed by atoms with Crippen molar-refractivity contribution < 1.29 is 14.0 Å². The van der Waals surface area contributed by atoms with Crippen molar-refractivity contribution in [1.29, 1.82) is 0 Å². The van der Waals surface area contributed by atoms with Crippen LogP contribution >= 0.6 is 0 Å². The van der Waals surface area contributed by atoms with Crippen LogP contribution in [-0.4, -0.2) is 39.5 Å². The molecule has 0 spiro atoms. The number of nitrogens with zero attached hydrogens (tertiary/aromatic N) is 3. The lowest BCUT2D eigenvalue weighted by Crippen LogP contribution is -2.47. The van der Waals surface area contributed by atoms with Crippen molar-refractivity contribution in [3.8, 4) is 0 Å². The SMILES string of the molecule is Cn1ccnc1[C@@H](NC(=O)[C@H]1CCCN(C(=O)Nc2ccccc2)C1)c1ccc(F)cc1. The van der Waals surface area contributed by atoms with E-state index in [0.29, 0.717) is 25.3 Å². The number of halogens is 1. The number of benzene rings is 2. The number of likely N-dealkylation sites (tertiary alicyclic amines) is 1. The predicted octanol–water partition coefficient (Wildman–Crippen LogP) is 3.71. The van der Waals surface area contributed by atoms with Gasteiger partial charge in [-0.3, -0.25) is 4.79 Å². The molecule has 3 amide bonds. The first-order valence-corrected chi connectivity index (χ1v) is 10.7. The number of anilines is 1. The largest absolute Gasteiger partial charge is 0.342 e. The number of hydrogen-bond acceptors (Lipinski definition) is 3. The number of carbonyl (C=O) groups excluding carboxylic acids is 2. The molecular weight excluding hydrogens is 409 g/mol. The minimum absolute atomic E-state index is 0.153. The fourth-order valence-corrected chi connectivity index (χ4v) is 3.97. The summed E-state index contributed by atoms with van der Waals surface area (Å²) in [6.07, 6.45) is 4.89. The van der Waals surface area contributed by atoms with Crippen LogP contribution in [0.4, 0.5) is 14.9 Å². The lowest BCUT2D eigenvalue weighted by Gasteiger charge is -2.33. The summed E-state index contributed by atoms with van der Waals surface area (Å²) in [6.45, 7) is 0.935. The van der Waals surface area contributed by atoms with E-state index in [0.717, 1.165) is 17.7 Å². The van der Waals surface area contributed by atoms with Gasteiger partial charge < -0.3 is 20.1 Å². The number of rotatable bonds is 5. The lowest BCUT2D eigenvalue weighted by atomic mass is 9.96. The van der Waals surface area contributed by atoms with Crippen molar-refractivity contribution >= 4 is 17.6 Å². The van der Waals surface area contributed by atoms with Gasteiger partial charge in [0, 0.05) is 38.2 Å². The Morgan fingerprint density at radius 1 is 1.12 bits per heavy atom. The Morgan fingerprint density at radius 2 is 1.88 bits per heavy atom. The molecule has 1 aromatic heterocycles. The Balaban J connectivity index is 1.46. The van der Waals surface area contributed by atoms with Crippen molar-refractivity contribution in [1.82, 2.24) is 19.8 Å². The van der Waals surface area contributed by atoms with Crippen LogP contribution in [0.1, 0.15) is 30.3 Å². The van der Waals surface area contributed by atoms with E-state index in [1.165, 1.54) is 12.1 Å². The third-order valence-electron chi connectivity index (χ3n) is 5.71. The summed E-state index contributed by atoms with van der Waals surface area (Å²) in [4.78, 5) is 31.9. The smallest absolute Gasteiger partial charge is 0.321 e. The van der Waals surface area contributed by atoms with Crippen LogP contribution in [0, 0.1) is 11.7 Å². The first kappa shape index (κ1) is 21.5. The van der Waals surface area contributed by atoms with Gasteiger partial charge in [0.2, 0.25) is 5.91 Å². The normalized spacial score (nSPS) is 16.9. The standard InChI is InChI=1S/C24H26FN5O2/c1-29-15-13-26-22(29)21(17-9-11-19(25)12-10-17)28-23(31)18-6-5-14-30(16-18)24(32)27-20-7-3-2-4-8-20/h2-4,7-13,15,18,21H,5-6,14,16H2,1H3,(H,27,32)(H,28,31)/t18-,21-/m0/s1. The van der Waals surface area contributed by atoms with Crippen LogP contribution in [0.25, 0.3) is 0 Å². The molecule has 4 rings (SSSR count). The van der Waals surface area contributed by atoms with Gasteiger partial charge >= 0.3 is 6.03 Å². The van der Waals surface area contributed by atoms with Crippen LogP contribution in [0.3, 0.4) is 0 Å². The number of nitrogens with one attached hydrogen (secondary N) is 2. The third-order valence-corrected chi connectivity index (χ3v) is 5.71. The molecule has 166 valence electrons. The second-order valence-electron chi connectivity index (χ2n) is 7.97. The number of piperidine rings is 1. The van der Waals surface area contributed by atoms with Crippen LogP contribution in [0.2, 0.25) is 0 Å². The van der Waals surface area contributed by atoms with Crippen molar-refractivity contribution in [2.24, 2.45) is 13.0 Å². The molecule has 3 aromatic rings. The van der Waals surface area contributed by atoms with Gasteiger partial charge in [0.05, 0.1) is 5.92 Å². The molecule has 1 aliphatic heterocycles. The monoisotopic (exact) mass is 435 g/mol. The number of aryl methyl sites for hydroxylation is 1. The van der Waals surface area contributed by atoms with Gasteiger partial charge in [-0.05, 0) is 42.7 Å². The minimum atomic E-state index is -0.517. The molecule has 0 aliphatic carbocycles. The second kappa shape index (κ2) is 9.64. The van der Waals surface area contributed by atoms with Gasteiger partial charge in [0.1, 0.15) is 17.7 Å². The van der Waals surface area contributed by atoms with Crippen molar-refractivity contribution in [3.63, 3.8) is 0 Å². The van der Waals surface area contributed by atoms with E-state index in [2.05, 4.69) is 15.6 Å². The maximum Gasteiger partial charge on any atom is 0.321 e. The Hall–Kier alpha value is -3.68. The van der Waals surface area contributed by atoms with E-state index in [4.69, 9.17) is 0 Å². The topological polar surface area (TPSA) is 79.3 Å². The van der Waals surface area contributed by atoms with Gasteiger partial charge in [-0.25, -0.2) is 14.2 Å². The van der Waals surface area contributed by atoms with E-state index in [9.17, 15) is 14.0 Å². The number of amides is 3. The summed E-state index contributed by atoms with van der Waals surface area (Å²) in [6, 6.07) is 14.6. The quantitative estimate of drug-likeness (QED) is 0.641. The highest BCUT2D eigenvalue weighted by Crippen LogP contribution is 2.24. The summed E-state index contributed by atoms with van der Waals surface area (Å²) < 4.78 is 15.3. The van der Waals surface area contributed by atoms with Gasteiger partial charge in [-0.15, -0.1) is 0 Å². The molecular formula is C24H26FN5O2. The maximum atomic E-state index is 13.4. The molecule has 2 heterocycles. The molecule has 1 aliphatic rings. The van der Waals surface area contributed by atoms with E-state index >= 15 is 0 Å². The molecule has 2 N–H and O–H groups in total. The number of hydrogen-bond donors (Lipinski definition) is 2. The molecule has 1 fully saturated rings. The first-order valence-electron chi connectivity index (χ1n) is 10.7. The summed E-state index contributed by atoms with van der Waals surface area (Å²) in [5.41, 5.74) is 1.46. The Labute approximate surface area is 186 Å². The highest BCUT2D eigenvalue weighted by molar-refractivity contribution is 5.90. The minimum Gasteiger partial charge on any atom is -0.342 e. The summed E-state index contributed by atoms with van der Waals surface area (Å²) >= 11 is 0. The number of para-hydroxylation sites is 1. The van der Waals surface area contributed by atoms with Crippen LogP contribution in [0.5, 0.6) is 0 Å². The molecule has 0 radical (unpaired) electrons. The molecule has 0 saturated carbocycles. The molecule has 7 nitrogen and oxygen atoms in total. The predicted molar refractivity (Wildman–Crippen MR) is 119 cm³/mol. The zero-order valence-electron chi connectivity index (χ0n) is 17.9.